The Bertz CT molecular complexity index is 708. The number of hydrogen-bond donors (Lipinski definition) is 0. The molecule has 0 aliphatic heterocycles. The summed E-state index contributed by atoms with van der Waals surface area (Å²) in [6.45, 7) is 0.194. The Morgan fingerprint density at radius 1 is 1.35 bits per heavy atom. The molecule has 1 aromatic carbocycles. The first-order valence-corrected chi connectivity index (χ1v) is 7.95. The van der Waals surface area contributed by atoms with Crippen LogP contribution in [0.15, 0.2) is 52.1 Å². The van der Waals surface area contributed by atoms with Gasteiger partial charge in [-0.2, -0.15) is 4.31 Å². The van der Waals surface area contributed by atoms with Crippen LogP contribution in [0.4, 0.5) is 4.39 Å². The van der Waals surface area contributed by atoms with Crippen LogP contribution in [-0.2, 0) is 16.6 Å². The van der Waals surface area contributed by atoms with Crippen molar-refractivity contribution in [3.63, 3.8) is 0 Å². The molecule has 7 heteroatoms. The average Bonchev–Trinajstić information content (AvgIpc) is 2.39. The van der Waals surface area contributed by atoms with Gasteiger partial charge in [0, 0.05) is 30.5 Å². The van der Waals surface area contributed by atoms with Crippen LogP contribution in [0, 0.1) is 5.82 Å². The van der Waals surface area contributed by atoms with Crippen LogP contribution in [0.25, 0.3) is 0 Å². The minimum Gasteiger partial charge on any atom is -0.264 e. The third-order valence-electron chi connectivity index (χ3n) is 2.71. The molecule has 0 atom stereocenters. The van der Waals surface area contributed by atoms with Gasteiger partial charge in [-0.1, -0.05) is 6.07 Å². The highest BCUT2D eigenvalue weighted by molar-refractivity contribution is 9.10. The van der Waals surface area contributed by atoms with Crippen molar-refractivity contribution >= 4 is 26.0 Å². The lowest BCUT2D eigenvalue weighted by Crippen LogP contribution is -2.26. The second-order valence-electron chi connectivity index (χ2n) is 4.20. The molecule has 2 rings (SSSR count). The fourth-order valence-corrected chi connectivity index (χ4v) is 3.85. The maximum Gasteiger partial charge on any atom is 0.244 e. The molecule has 0 radical (unpaired) electrons. The molecule has 1 aromatic heterocycles. The number of halogens is 2. The number of hydrogen-bond acceptors (Lipinski definition) is 3. The van der Waals surface area contributed by atoms with E-state index in [2.05, 4.69) is 20.9 Å². The van der Waals surface area contributed by atoms with Gasteiger partial charge in [0.1, 0.15) is 5.82 Å². The zero-order valence-electron chi connectivity index (χ0n) is 10.6. The van der Waals surface area contributed by atoms with E-state index in [1.807, 2.05) is 0 Å². The van der Waals surface area contributed by atoms with Crippen molar-refractivity contribution < 1.29 is 12.8 Å². The Balaban J connectivity index is 2.30. The molecule has 0 saturated heterocycles. The molecular weight excluding hydrogens is 347 g/mol. The van der Waals surface area contributed by atoms with Gasteiger partial charge in [0.15, 0.2) is 0 Å². The average molecular weight is 359 g/mol. The van der Waals surface area contributed by atoms with Crippen molar-refractivity contribution in [3.05, 3.63) is 58.6 Å². The minimum atomic E-state index is -3.69. The summed E-state index contributed by atoms with van der Waals surface area (Å²) in [5.74, 6) is -0.495. The van der Waals surface area contributed by atoms with Gasteiger partial charge in [0.05, 0.1) is 4.90 Å². The topological polar surface area (TPSA) is 50.3 Å². The fraction of sp³-hybridized carbons (Fsp3) is 0.154. The van der Waals surface area contributed by atoms with Crippen LogP contribution in [0.2, 0.25) is 0 Å². The van der Waals surface area contributed by atoms with Crippen LogP contribution in [0.1, 0.15) is 5.56 Å². The summed E-state index contributed by atoms with van der Waals surface area (Å²) >= 11 is 3.08. The van der Waals surface area contributed by atoms with E-state index in [-0.39, 0.29) is 15.9 Å². The Morgan fingerprint density at radius 2 is 2.10 bits per heavy atom. The second kappa shape index (κ2) is 5.99. The second-order valence-corrected chi connectivity index (χ2v) is 7.06. The Hall–Kier alpha value is -1.31. The van der Waals surface area contributed by atoms with Crippen LogP contribution in [-0.4, -0.2) is 24.8 Å². The summed E-state index contributed by atoms with van der Waals surface area (Å²) < 4.78 is 39.3. The first kappa shape index (κ1) is 15.1. The van der Waals surface area contributed by atoms with Crippen molar-refractivity contribution in [1.29, 1.82) is 0 Å². The van der Waals surface area contributed by atoms with Gasteiger partial charge < -0.3 is 0 Å². The van der Waals surface area contributed by atoms with Gasteiger partial charge in [0.2, 0.25) is 10.0 Å². The van der Waals surface area contributed by atoms with Crippen LogP contribution in [0.3, 0.4) is 0 Å². The normalized spacial score (nSPS) is 11.8. The maximum absolute atomic E-state index is 13.0. The van der Waals surface area contributed by atoms with Crippen molar-refractivity contribution in [2.45, 2.75) is 11.4 Å². The zero-order valence-corrected chi connectivity index (χ0v) is 13.0. The molecule has 0 saturated carbocycles. The summed E-state index contributed by atoms with van der Waals surface area (Å²) in [6, 6.07) is 7.02. The number of benzene rings is 1. The molecule has 0 N–H and O–H groups in total. The molecule has 20 heavy (non-hydrogen) atoms. The van der Waals surface area contributed by atoms with E-state index in [1.165, 1.54) is 17.4 Å². The smallest absolute Gasteiger partial charge is 0.244 e. The Morgan fingerprint density at radius 3 is 2.70 bits per heavy atom. The first-order chi connectivity index (χ1) is 9.41. The summed E-state index contributed by atoms with van der Waals surface area (Å²) in [6.07, 6.45) is 3.22. The highest BCUT2D eigenvalue weighted by atomic mass is 79.9. The van der Waals surface area contributed by atoms with Gasteiger partial charge in [-0.15, -0.1) is 0 Å². The van der Waals surface area contributed by atoms with Gasteiger partial charge in [-0.25, -0.2) is 12.8 Å². The SMILES string of the molecule is CN(Cc1cccnc1)S(=O)(=O)c1ccc(F)cc1Br. The summed E-state index contributed by atoms with van der Waals surface area (Å²) in [7, 11) is -2.22. The predicted octanol–water partition coefficient (Wildman–Crippen LogP) is 2.80. The molecule has 0 amide bonds. The Labute approximate surface area is 125 Å². The van der Waals surface area contributed by atoms with E-state index >= 15 is 0 Å². The molecule has 1 heterocycles. The molecule has 0 unspecified atom stereocenters. The van der Waals surface area contributed by atoms with E-state index in [9.17, 15) is 12.8 Å². The number of rotatable bonds is 4. The predicted molar refractivity (Wildman–Crippen MR) is 77.0 cm³/mol. The molecule has 0 fully saturated rings. The standard InChI is InChI=1S/C13H12BrFN2O2S/c1-17(9-10-3-2-6-16-8-10)20(18,19)13-5-4-11(15)7-12(13)14/h2-8H,9H2,1H3. The van der Waals surface area contributed by atoms with E-state index in [0.29, 0.717) is 0 Å². The number of pyridine rings is 1. The van der Waals surface area contributed by atoms with Crippen LogP contribution in [0.5, 0.6) is 0 Å². The lowest BCUT2D eigenvalue weighted by molar-refractivity contribution is 0.465. The largest absolute Gasteiger partial charge is 0.264 e. The molecule has 0 spiro atoms. The van der Waals surface area contributed by atoms with Crippen LogP contribution >= 0.6 is 15.9 Å². The van der Waals surface area contributed by atoms with Gasteiger partial charge in [0.25, 0.3) is 0 Å². The van der Waals surface area contributed by atoms with Crippen molar-refractivity contribution in [1.82, 2.24) is 9.29 Å². The lowest BCUT2D eigenvalue weighted by Gasteiger charge is -2.18. The third kappa shape index (κ3) is 3.23. The van der Waals surface area contributed by atoms with Gasteiger partial charge >= 0.3 is 0 Å². The lowest BCUT2D eigenvalue weighted by atomic mass is 10.3. The first-order valence-electron chi connectivity index (χ1n) is 5.71. The summed E-state index contributed by atoms with van der Waals surface area (Å²) in [5, 5.41) is 0. The highest BCUT2D eigenvalue weighted by Crippen LogP contribution is 2.25. The summed E-state index contributed by atoms with van der Waals surface area (Å²) in [4.78, 5) is 3.97. The van der Waals surface area contributed by atoms with Gasteiger partial charge in [-0.05, 0) is 45.8 Å². The Kier molecular flexibility index (Phi) is 4.52. The fourth-order valence-electron chi connectivity index (χ4n) is 1.69. The molecule has 0 aliphatic rings. The van der Waals surface area contributed by atoms with Crippen molar-refractivity contribution in [2.24, 2.45) is 0 Å². The minimum absolute atomic E-state index is 0.0327. The van der Waals surface area contributed by atoms with Crippen molar-refractivity contribution in [2.75, 3.05) is 7.05 Å². The van der Waals surface area contributed by atoms with E-state index < -0.39 is 15.8 Å². The van der Waals surface area contributed by atoms with Crippen LogP contribution < -0.4 is 0 Å². The van der Waals surface area contributed by atoms with Crippen molar-refractivity contribution in [3.8, 4) is 0 Å². The highest BCUT2D eigenvalue weighted by Gasteiger charge is 2.23. The van der Waals surface area contributed by atoms with E-state index in [1.54, 1.807) is 24.5 Å². The molecule has 0 bridgehead atoms. The molecular formula is C13H12BrFN2O2S. The summed E-state index contributed by atoms with van der Waals surface area (Å²) in [5.41, 5.74) is 0.775. The molecule has 2 aromatic rings. The molecule has 4 nitrogen and oxygen atoms in total. The monoisotopic (exact) mass is 358 g/mol. The number of aromatic nitrogens is 1. The van der Waals surface area contributed by atoms with E-state index in [0.717, 1.165) is 17.7 Å². The quantitative estimate of drug-likeness (QED) is 0.844. The zero-order chi connectivity index (χ0) is 14.8. The molecule has 106 valence electrons. The van der Waals surface area contributed by atoms with Gasteiger partial charge in [-0.3, -0.25) is 4.98 Å². The molecule has 0 aliphatic carbocycles. The van der Waals surface area contributed by atoms with E-state index in [4.69, 9.17) is 0 Å². The third-order valence-corrected chi connectivity index (χ3v) is 5.49. The number of sulfonamides is 1. The number of nitrogens with zero attached hydrogens (tertiary/aromatic N) is 2. The maximum atomic E-state index is 13.0.